The molecule has 2 aliphatic heterocycles. The number of likely N-dealkylation sites (tertiary alicyclic amines) is 1. The Labute approximate surface area is 188 Å². The highest BCUT2D eigenvalue weighted by molar-refractivity contribution is 6.30. The molecule has 2 saturated heterocycles. The van der Waals surface area contributed by atoms with Gasteiger partial charge in [-0.05, 0) is 64.2 Å². The standard InChI is InChI=1S/C23H31ClN4O3/c1-15(28-20(30)22(2,3)26-21(28)31)19(29)25-18-8-12-27(13-9-18)14-23(10-11-23)16-4-6-17(24)7-5-16/h4-7,15,18H,8-14H2,1-3H3,(H,25,29)(H,26,31)/t15-/m1/s1. The van der Waals surface area contributed by atoms with Crippen LogP contribution in [0.25, 0.3) is 0 Å². The molecule has 3 fully saturated rings. The normalized spacial score (nSPS) is 24.1. The number of carbonyl (C=O) groups excluding carboxylic acids is 3. The molecular weight excluding hydrogens is 416 g/mol. The second kappa shape index (κ2) is 8.10. The number of piperidine rings is 1. The fourth-order valence-corrected chi connectivity index (χ4v) is 4.85. The number of nitrogens with zero attached hydrogens (tertiary/aromatic N) is 2. The van der Waals surface area contributed by atoms with Crippen LogP contribution in [0.1, 0.15) is 52.0 Å². The average molecular weight is 447 g/mol. The molecule has 1 atom stereocenters. The lowest BCUT2D eigenvalue weighted by atomic mass is 9.94. The molecule has 0 spiro atoms. The first-order valence-electron chi connectivity index (χ1n) is 11.1. The molecule has 4 rings (SSSR count). The SMILES string of the molecule is C[C@H](C(=O)NC1CCN(CC2(c3ccc(Cl)cc3)CC2)CC1)N1C(=O)NC(C)(C)C1=O. The Morgan fingerprint density at radius 1 is 1.19 bits per heavy atom. The third-order valence-electron chi connectivity index (χ3n) is 6.93. The maximum atomic E-state index is 12.7. The van der Waals surface area contributed by atoms with Crippen LogP contribution >= 0.6 is 11.6 Å². The number of hydrogen-bond donors (Lipinski definition) is 2. The lowest BCUT2D eigenvalue weighted by Gasteiger charge is -2.35. The van der Waals surface area contributed by atoms with E-state index in [0.29, 0.717) is 0 Å². The monoisotopic (exact) mass is 446 g/mol. The van der Waals surface area contributed by atoms with E-state index in [1.807, 2.05) is 12.1 Å². The summed E-state index contributed by atoms with van der Waals surface area (Å²) < 4.78 is 0. The van der Waals surface area contributed by atoms with Crippen molar-refractivity contribution >= 4 is 29.4 Å². The van der Waals surface area contributed by atoms with E-state index in [2.05, 4.69) is 27.7 Å². The second-order valence-electron chi connectivity index (χ2n) is 9.75. The number of urea groups is 1. The van der Waals surface area contributed by atoms with Crippen molar-refractivity contribution in [1.29, 1.82) is 0 Å². The summed E-state index contributed by atoms with van der Waals surface area (Å²) in [5.41, 5.74) is 0.628. The molecule has 1 aliphatic carbocycles. The third-order valence-corrected chi connectivity index (χ3v) is 7.18. The smallest absolute Gasteiger partial charge is 0.325 e. The van der Waals surface area contributed by atoms with Gasteiger partial charge in [-0.2, -0.15) is 0 Å². The van der Waals surface area contributed by atoms with Gasteiger partial charge < -0.3 is 15.5 Å². The maximum absolute atomic E-state index is 12.7. The van der Waals surface area contributed by atoms with Crippen molar-refractivity contribution in [3.05, 3.63) is 34.9 Å². The summed E-state index contributed by atoms with van der Waals surface area (Å²) in [6, 6.07) is 6.93. The van der Waals surface area contributed by atoms with E-state index >= 15 is 0 Å². The zero-order valence-corrected chi connectivity index (χ0v) is 19.2. The number of nitrogens with one attached hydrogen (secondary N) is 2. The first-order chi connectivity index (χ1) is 14.6. The molecule has 0 radical (unpaired) electrons. The molecule has 31 heavy (non-hydrogen) atoms. The van der Waals surface area contributed by atoms with Crippen molar-refractivity contribution in [2.45, 2.75) is 69.5 Å². The summed E-state index contributed by atoms with van der Waals surface area (Å²) in [6.07, 6.45) is 4.12. The van der Waals surface area contributed by atoms with E-state index in [9.17, 15) is 14.4 Å². The molecule has 2 N–H and O–H groups in total. The maximum Gasteiger partial charge on any atom is 0.325 e. The topological polar surface area (TPSA) is 81.8 Å². The van der Waals surface area contributed by atoms with Gasteiger partial charge in [0.05, 0.1) is 0 Å². The molecule has 168 valence electrons. The fourth-order valence-electron chi connectivity index (χ4n) is 4.72. The Balaban J connectivity index is 1.28. The van der Waals surface area contributed by atoms with Gasteiger partial charge in [-0.1, -0.05) is 23.7 Å². The summed E-state index contributed by atoms with van der Waals surface area (Å²) in [5, 5.41) is 6.44. The Morgan fingerprint density at radius 2 is 1.81 bits per heavy atom. The van der Waals surface area contributed by atoms with Gasteiger partial charge in [-0.15, -0.1) is 0 Å². The highest BCUT2D eigenvalue weighted by Gasteiger charge is 2.48. The Bertz CT molecular complexity index is 873. The lowest BCUT2D eigenvalue weighted by molar-refractivity contribution is -0.137. The van der Waals surface area contributed by atoms with Crippen LogP contribution in [-0.2, 0) is 15.0 Å². The molecule has 1 aromatic carbocycles. The summed E-state index contributed by atoms with van der Waals surface area (Å²) in [6.45, 7) is 7.76. The zero-order chi connectivity index (χ0) is 22.4. The first kappa shape index (κ1) is 22.1. The van der Waals surface area contributed by atoms with Gasteiger partial charge in [-0.25, -0.2) is 9.69 Å². The van der Waals surface area contributed by atoms with Gasteiger partial charge in [0.15, 0.2) is 0 Å². The summed E-state index contributed by atoms with van der Waals surface area (Å²) >= 11 is 6.04. The van der Waals surface area contributed by atoms with Gasteiger partial charge in [0.1, 0.15) is 11.6 Å². The summed E-state index contributed by atoms with van der Waals surface area (Å²) in [4.78, 5) is 40.8. The molecule has 3 aliphatic rings. The highest BCUT2D eigenvalue weighted by Crippen LogP contribution is 2.49. The van der Waals surface area contributed by atoms with Crippen LogP contribution in [0.15, 0.2) is 24.3 Å². The van der Waals surface area contributed by atoms with Crippen molar-refractivity contribution in [1.82, 2.24) is 20.4 Å². The van der Waals surface area contributed by atoms with E-state index in [1.165, 1.54) is 18.4 Å². The van der Waals surface area contributed by atoms with Crippen molar-refractivity contribution < 1.29 is 14.4 Å². The molecule has 2 heterocycles. The van der Waals surface area contributed by atoms with Crippen LogP contribution in [0, 0.1) is 0 Å². The fraction of sp³-hybridized carbons (Fsp3) is 0.609. The number of rotatable bonds is 6. The molecule has 8 heteroatoms. The number of halogens is 1. The Morgan fingerprint density at radius 3 is 2.32 bits per heavy atom. The van der Waals surface area contributed by atoms with E-state index in [1.54, 1.807) is 20.8 Å². The minimum absolute atomic E-state index is 0.0608. The van der Waals surface area contributed by atoms with E-state index in [4.69, 9.17) is 11.6 Å². The first-order valence-corrected chi connectivity index (χ1v) is 11.4. The average Bonchev–Trinajstić information content (AvgIpc) is 3.46. The number of hydrogen-bond acceptors (Lipinski definition) is 4. The zero-order valence-electron chi connectivity index (χ0n) is 18.4. The van der Waals surface area contributed by atoms with Crippen LogP contribution in [0.3, 0.4) is 0 Å². The highest BCUT2D eigenvalue weighted by atomic mass is 35.5. The predicted molar refractivity (Wildman–Crippen MR) is 119 cm³/mol. The summed E-state index contributed by atoms with van der Waals surface area (Å²) in [7, 11) is 0. The van der Waals surface area contributed by atoms with Crippen molar-refractivity contribution in [3.8, 4) is 0 Å². The largest absolute Gasteiger partial charge is 0.351 e. The molecule has 0 bridgehead atoms. The van der Waals surface area contributed by atoms with E-state index in [0.717, 1.165) is 42.4 Å². The van der Waals surface area contributed by atoms with Crippen LogP contribution in [0.4, 0.5) is 4.79 Å². The molecule has 1 aromatic rings. The quantitative estimate of drug-likeness (QED) is 0.658. The second-order valence-corrected chi connectivity index (χ2v) is 10.2. The predicted octanol–water partition coefficient (Wildman–Crippen LogP) is 2.67. The summed E-state index contributed by atoms with van der Waals surface area (Å²) in [5.74, 6) is -0.647. The van der Waals surface area contributed by atoms with Crippen LogP contribution in [0.5, 0.6) is 0 Å². The number of benzene rings is 1. The van der Waals surface area contributed by atoms with Crippen molar-refractivity contribution in [3.63, 3.8) is 0 Å². The van der Waals surface area contributed by atoms with Crippen LogP contribution < -0.4 is 10.6 Å². The van der Waals surface area contributed by atoms with Gasteiger partial charge in [0.25, 0.3) is 5.91 Å². The number of imide groups is 1. The number of amides is 4. The minimum Gasteiger partial charge on any atom is -0.351 e. The van der Waals surface area contributed by atoms with Gasteiger partial charge in [0.2, 0.25) is 5.91 Å². The van der Waals surface area contributed by atoms with Gasteiger partial charge in [-0.3, -0.25) is 9.59 Å². The van der Waals surface area contributed by atoms with Gasteiger partial charge in [0, 0.05) is 36.1 Å². The molecule has 4 amide bonds. The Hall–Kier alpha value is -2.12. The van der Waals surface area contributed by atoms with Crippen molar-refractivity contribution in [2.75, 3.05) is 19.6 Å². The van der Waals surface area contributed by atoms with E-state index in [-0.39, 0.29) is 23.3 Å². The number of carbonyl (C=O) groups is 3. The van der Waals surface area contributed by atoms with Crippen LogP contribution in [-0.4, -0.2) is 64.9 Å². The third kappa shape index (κ3) is 4.44. The lowest BCUT2D eigenvalue weighted by Crippen LogP contribution is -2.53. The molecular formula is C23H31ClN4O3. The molecule has 7 nitrogen and oxygen atoms in total. The van der Waals surface area contributed by atoms with Gasteiger partial charge >= 0.3 is 6.03 Å². The van der Waals surface area contributed by atoms with Crippen molar-refractivity contribution in [2.24, 2.45) is 0 Å². The van der Waals surface area contributed by atoms with Crippen LogP contribution in [0.2, 0.25) is 5.02 Å². The minimum atomic E-state index is -0.972. The molecule has 0 unspecified atom stereocenters. The molecule has 1 saturated carbocycles. The molecule has 0 aromatic heterocycles. The Kier molecular flexibility index (Phi) is 5.77. The van der Waals surface area contributed by atoms with E-state index < -0.39 is 17.6 Å².